The predicted molar refractivity (Wildman–Crippen MR) is 120 cm³/mol. The fraction of sp³-hybridized carbons (Fsp3) is 0.500. The van der Waals surface area contributed by atoms with E-state index < -0.39 is 10.0 Å². The summed E-state index contributed by atoms with van der Waals surface area (Å²) in [6.45, 7) is 8.68. The molecule has 1 aliphatic heterocycles. The van der Waals surface area contributed by atoms with Gasteiger partial charge in [0.15, 0.2) is 0 Å². The van der Waals surface area contributed by atoms with Crippen LogP contribution in [0.15, 0.2) is 46.7 Å². The van der Waals surface area contributed by atoms with E-state index in [2.05, 4.69) is 22.8 Å². The lowest BCUT2D eigenvalue weighted by molar-refractivity contribution is -0.920. The van der Waals surface area contributed by atoms with Gasteiger partial charge in [-0.1, -0.05) is 26.0 Å². The molecule has 164 valence electrons. The Hall–Kier alpha value is -1.74. The Morgan fingerprint density at radius 1 is 1.17 bits per heavy atom. The molecule has 2 atom stereocenters. The second-order valence-electron chi connectivity index (χ2n) is 7.74. The van der Waals surface area contributed by atoms with E-state index in [9.17, 15) is 13.2 Å². The lowest BCUT2D eigenvalue weighted by atomic mass is 10.1. The summed E-state index contributed by atoms with van der Waals surface area (Å²) in [5.41, 5.74) is 0.372. The molecule has 1 aliphatic rings. The highest BCUT2D eigenvalue weighted by molar-refractivity contribution is 7.89. The largest absolute Gasteiger partial charge is 0.343 e. The molecule has 0 aliphatic carbocycles. The Bertz CT molecular complexity index is 934. The van der Waals surface area contributed by atoms with Crippen LogP contribution in [0.3, 0.4) is 0 Å². The molecular weight excluding hydrogens is 418 g/mol. The number of quaternary nitrogens is 1. The van der Waals surface area contributed by atoms with Crippen molar-refractivity contribution in [2.45, 2.75) is 50.6 Å². The molecule has 1 aromatic heterocycles. The molecule has 0 unspecified atom stereocenters. The highest BCUT2D eigenvalue weighted by Crippen LogP contribution is 2.22. The zero-order chi connectivity index (χ0) is 21.7. The average molecular weight is 451 g/mol. The third-order valence-corrected chi connectivity index (χ3v) is 8.83. The normalized spacial score (nSPS) is 17.2. The van der Waals surface area contributed by atoms with Crippen molar-refractivity contribution < 1.29 is 18.1 Å². The number of nitrogens with one attached hydrogen (secondary N) is 2. The number of rotatable bonds is 9. The van der Waals surface area contributed by atoms with Gasteiger partial charge < -0.3 is 10.2 Å². The van der Waals surface area contributed by atoms with E-state index >= 15 is 0 Å². The van der Waals surface area contributed by atoms with E-state index in [4.69, 9.17) is 0 Å². The van der Waals surface area contributed by atoms with Gasteiger partial charge in [-0.05, 0) is 36.6 Å². The van der Waals surface area contributed by atoms with Crippen molar-refractivity contribution in [2.75, 3.05) is 26.2 Å². The highest BCUT2D eigenvalue weighted by atomic mass is 32.2. The number of benzene rings is 1. The van der Waals surface area contributed by atoms with Gasteiger partial charge in [-0.25, -0.2) is 8.42 Å². The lowest BCUT2D eigenvalue weighted by Gasteiger charge is -2.29. The molecule has 2 heterocycles. The first-order valence-electron chi connectivity index (χ1n) is 10.7. The van der Waals surface area contributed by atoms with E-state index in [1.54, 1.807) is 29.5 Å². The molecule has 6 nitrogen and oxygen atoms in total. The van der Waals surface area contributed by atoms with Crippen molar-refractivity contribution in [3.63, 3.8) is 0 Å². The molecule has 2 aromatic rings. The summed E-state index contributed by atoms with van der Waals surface area (Å²) < 4.78 is 27.0. The van der Waals surface area contributed by atoms with Crippen molar-refractivity contribution in [1.29, 1.82) is 0 Å². The summed E-state index contributed by atoms with van der Waals surface area (Å²) in [6.07, 6.45) is 2.42. The number of carbonyl (C=O) groups is 1. The van der Waals surface area contributed by atoms with Gasteiger partial charge in [-0.15, -0.1) is 11.3 Å². The summed E-state index contributed by atoms with van der Waals surface area (Å²) in [5.74, 6) is -0.237. The third-order valence-electron chi connectivity index (χ3n) is 5.83. The number of thiophene rings is 1. The Balaban J connectivity index is 1.80. The number of carbonyl (C=O) groups excluding carboxylic acids is 1. The number of sulfonamides is 1. The van der Waals surface area contributed by atoms with Crippen LogP contribution in [0, 0.1) is 0 Å². The molecule has 0 radical (unpaired) electrons. The van der Waals surface area contributed by atoms with Crippen LogP contribution < -0.4 is 10.2 Å². The van der Waals surface area contributed by atoms with Crippen LogP contribution >= 0.6 is 11.3 Å². The maximum Gasteiger partial charge on any atom is 0.251 e. The van der Waals surface area contributed by atoms with Gasteiger partial charge in [-0.2, -0.15) is 4.31 Å². The van der Waals surface area contributed by atoms with Gasteiger partial charge >= 0.3 is 0 Å². The van der Waals surface area contributed by atoms with E-state index in [1.165, 1.54) is 33.0 Å². The summed E-state index contributed by atoms with van der Waals surface area (Å²) in [5, 5.41) is 5.21. The lowest BCUT2D eigenvalue weighted by Crippen LogP contribution is -3.11. The van der Waals surface area contributed by atoms with E-state index in [1.807, 2.05) is 20.8 Å². The number of amides is 1. The summed E-state index contributed by atoms with van der Waals surface area (Å²) in [4.78, 5) is 15.9. The topological polar surface area (TPSA) is 70.9 Å². The molecule has 3 rings (SSSR count). The maximum absolute atomic E-state index is 13.0. The van der Waals surface area contributed by atoms with Crippen LogP contribution in [-0.2, 0) is 10.0 Å². The van der Waals surface area contributed by atoms with Crippen molar-refractivity contribution in [2.24, 2.45) is 0 Å². The Kier molecular flexibility index (Phi) is 7.68. The average Bonchev–Trinajstić information content (AvgIpc) is 3.44. The van der Waals surface area contributed by atoms with E-state index in [0.29, 0.717) is 18.7 Å². The van der Waals surface area contributed by atoms with Crippen LogP contribution in [0.4, 0.5) is 0 Å². The van der Waals surface area contributed by atoms with E-state index in [-0.39, 0.29) is 22.9 Å². The summed E-state index contributed by atoms with van der Waals surface area (Å²) in [7, 11) is -3.60. The molecule has 0 spiro atoms. The van der Waals surface area contributed by atoms with Crippen LogP contribution in [0.2, 0.25) is 0 Å². The van der Waals surface area contributed by atoms with Crippen LogP contribution in [-0.4, -0.2) is 50.9 Å². The molecule has 2 N–H and O–H groups in total. The number of nitrogens with zero attached hydrogens (tertiary/aromatic N) is 1. The quantitative estimate of drug-likeness (QED) is 0.616. The smallest absolute Gasteiger partial charge is 0.251 e. The zero-order valence-corrected chi connectivity index (χ0v) is 19.6. The Morgan fingerprint density at radius 3 is 2.47 bits per heavy atom. The minimum absolute atomic E-state index is 0.0627. The van der Waals surface area contributed by atoms with Crippen molar-refractivity contribution in [3.8, 4) is 0 Å². The van der Waals surface area contributed by atoms with Gasteiger partial charge in [0.1, 0.15) is 6.04 Å². The minimum Gasteiger partial charge on any atom is -0.343 e. The first kappa shape index (κ1) is 22.9. The fourth-order valence-corrected chi connectivity index (χ4v) is 6.79. The van der Waals surface area contributed by atoms with Gasteiger partial charge in [0.2, 0.25) is 10.0 Å². The third kappa shape index (κ3) is 4.94. The molecular formula is C22H32N3O3S2+. The van der Waals surface area contributed by atoms with Gasteiger partial charge in [0.25, 0.3) is 5.91 Å². The molecule has 8 heteroatoms. The van der Waals surface area contributed by atoms with Gasteiger partial charge in [-0.3, -0.25) is 4.79 Å². The molecule has 1 fully saturated rings. The van der Waals surface area contributed by atoms with Crippen molar-refractivity contribution in [3.05, 3.63) is 52.2 Å². The maximum atomic E-state index is 13.0. The fourth-order valence-electron chi connectivity index (χ4n) is 4.29. The van der Waals surface area contributed by atoms with Gasteiger partial charge in [0.05, 0.1) is 28.9 Å². The second kappa shape index (κ2) is 10.0. The summed E-state index contributed by atoms with van der Waals surface area (Å²) >= 11 is 1.73. The van der Waals surface area contributed by atoms with Crippen LogP contribution in [0.1, 0.15) is 54.9 Å². The number of likely N-dealkylation sites (tertiary alicyclic amines) is 1. The molecule has 30 heavy (non-hydrogen) atoms. The van der Waals surface area contributed by atoms with Gasteiger partial charge in [0, 0.05) is 31.5 Å². The molecule has 1 saturated heterocycles. The Labute approximate surface area is 183 Å². The van der Waals surface area contributed by atoms with E-state index in [0.717, 1.165) is 13.1 Å². The van der Waals surface area contributed by atoms with Crippen LogP contribution in [0.5, 0.6) is 0 Å². The standard InChI is InChI=1S/C22H31N3O3S2/c1-4-25(5-2)30(27,28)19-11-8-10-18(16-19)22(26)23-17(3)21(20-12-9-15-29-20)24-13-6-7-14-24/h8-12,15-17,21H,4-7,13-14H2,1-3H3,(H,23,26)/p+1/t17-,21-/m0/s1. The predicted octanol–water partition coefficient (Wildman–Crippen LogP) is 2.32. The number of hydrogen-bond acceptors (Lipinski definition) is 4. The molecule has 1 amide bonds. The Morgan fingerprint density at radius 2 is 1.87 bits per heavy atom. The monoisotopic (exact) mass is 450 g/mol. The second-order valence-corrected chi connectivity index (χ2v) is 10.7. The summed E-state index contributed by atoms with van der Waals surface area (Å²) in [6, 6.07) is 10.7. The number of hydrogen-bond donors (Lipinski definition) is 2. The highest BCUT2D eigenvalue weighted by Gasteiger charge is 2.34. The zero-order valence-electron chi connectivity index (χ0n) is 17.9. The molecule has 0 saturated carbocycles. The van der Waals surface area contributed by atoms with Crippen molar-refractivity contribution in [1.82, 2.24) is 9.62 Å². The van der Waals surface area contributed by atoms with Crippen molar-refractivity contribution >= 4 is 27.3 Å². The van der Waals surface area contributed by atoms with Crippen LogP contribution in [0.25, 0.3) is 0 Å². The first-order valence-corrected chi connectivity index (χ1v) is 13.0. The molecule has 1 aromatic carbocycles. The minimum atomic E-state index is -3.60. The molecule has 0 bridgehead atoms. The SMILES string of the molecule is CCN(CC)S(=O)(=O)c1cccc(C(=O)N[C@@H](C)[C@@H](c2cccs2)[NH+]2CCCC2)c1. The first-order chi connectivity index (χ1) is 14.4.